The molecule has 0 bridgehead atoms. The predicted molar refractivity (Wildman–Crippen MR) is 141 cm³/mol. The van der Waals surface area contributed by atoms with Crippen LogP contribution in [0.3, 0.4) is 0 Å². The minimum Gasteiger partial charge on any atom is -0.444 e. The summed E-state index contributed by atoms with van der Waals surface area (Å²) in [4.78, 5) is 9.72. The summed E-state index contributed by atoms with van der Waals surface area (Å²) in [5, 5.41) is 3.46. The Labute approximate surface area is 212 Å². The minimum atomic E-state index is -0.252. The van der Waals surface area contributed by atoms with Crippen molar-refractivity contribution >= 4 is 0 Å². The third-order valence-electron chi connectivity index (χ3n) is 6.84. The zero-order valence-electron chi connectivity index (χ0n) is 20.7. The average Bonchev–Trinajstić information content (AvgIpc) is 3.29. The quantitative estimate of drug-likeness (QED) is 0.327. The molecule has 1 aliphatic heterocycles. The molecule has 6 heteroatoms. The van der Waals surface area contributed by atoms with Crippen molar-refractivity contribution in [3.8, 4) is 11.3 Å². The highest BCUT2D eigenvalue weighted by Crippen LogP contribution is 2.29. The van der Waals surface area contributed by atoms with Crippen molar-refractivity contribution in [3.63, 3.8) is 0 Å². The molecule has 36 heavy (non-hydrogen) atoms. The van der Waals surface area contributed by atoms with E-state index < -0.39 is 0 Å². The van der Waals surface area contributed by atoms with E-state index in [2.05, 4.69) is 80.8 Å². The summed E-state index contributed by atoms with van der Waals surface area (Å²) in [5.41, 5.74) is 4.33. The molecule has 2 heterocycles. The molecule has 0 amide bonds. The second-order valence-corrected chi connectivity index (χ2v) is 9.30. The number of hydrogen-bond acceptors (Lipinski definition) is 5. The molecule has 4 aromatic rings. The van der Waals surface area contributed by atoms with Crippen LogP contribution in [0.2, 0.25) is 0 Å². The molecule has 0 radical (unpaired) electrons. The van der Waals surface area contributed by atoms with E-state index in [-0.39, 0.29) is 11.9 Å². The van der Waals surface area contributed by atoms with Crippen LogP contribution in [-0.4, -0.2) is 54.1 Å². The molecule has 0 saturated carbocycles. The average molecular weight is 485 g/mol. The maximum Gasteiger partial charge on any atom is 0.208 e. The van der Waals surface area contributed by atoms with E-state index in [9.17, 15) is 4.39 Å². The highest BCUT2D eigenvalue weighted by atomic mass is 19.1. The first-order valence-electron chi connectivity index (χ1n) is 12.7. The van der Waals surface area contributed by atoms with Gasteiger partial charge in [0.1, 0.15) is 17.3 Å². The normalized spacial score (nSPS) is 15.0. The van der Waals surface area contributed by atoms with Gasteiger partial charge in [-0.1, -0.05) is 60.7 Å². The number of benzene rings is 3. The highest BCUT2D eigenvalue weighted by Gasteiger charge is 2.26. The Morgan fingerprint density at radius 2 is 1.47 bits per heavy atom. The van der Waals surface area contributed by atoms with Gasteiger partial charge >= 0.3 is 0 Å². The minimum absolute atomic E-state index is 0.252. The van der Waals surface area contributed by atoms with Gasteiger partial charge in [-0.05, 0) is 42.3 Å². The first kappa shape index (κ1) is 24.4. The lowest BCUT2D eigenvalue weighted by Gasteiger charge is -2.39. The largest absolute Gasteiger partial charge is 0.444 e. The molecule has 0 atom stereocenters. The first-order chi connectivity index (χ1) is 17.7. The van der Waals surface area contributed by atoms with Crippen molar-refractivity contribution in [3.05, 3.63) is 114 Å². The number of aryl methyl sites for hydroxylation is 1. The lowest BCUT2D eigenvalue weighted by molar-refractivity contribution is 0.110. The van der Waals surface area contributed by atoms with Crippen LogP contribution >= 0.6 is 0 Å². The van der Waals surface area contributed by atoms with Crippen LogP contribution in [0.15, 0.2) is 89.3 Å². The molecule has 1 N–H and O–H groups in total. The number of nitrogens with zero attached hydrogens (tertiary/aromatic N) is 3. The number of oxazole rings is 1. The van der Waals surface area contributed by atoms with Crippen LogP contribution in [-0.2, 0) is 6.54 Å². The van der Waals surface area contributed by atoms with Gasteiger partial charge in [0.2, 0.25) is 5.89 Å². The van der Waals surface area contributed by atoms with Gasteiger partial charge in [-0.3, -0.25) is 9.80 Å². The van der Waals surface area contributed by atoms with Gasteiger partial charge in [0, 0.05) is 44.8 Å². The summed E-state index contributed by atoms with van der Waals surface area (Å²) in [6.07, 6.45) is 0. The van der Waals surface area contributed by atoms with Gasteiger partial charge < -0.3 is 9.73 Å². The van der Waals surface area contributed by atoms with Crippen LogP contribution in [0.5, 0.6) is 0 Å². The molecule has 1 fully saturated rings. The van der Waals surface area contributed by atoms with E-state index >= 15 is 0 Å². The fraction of sp³-hybridized carbons (Fsp3) is 0.300. The molecule has 1 saturated heterocycles. The lowest BCUT2D eigenvalue weighted by Crippen LogP contribution is -2.49. The number of piperazine rings is 1. The van der Waals surface area contributed by atoms with E-state index in [0.29, 0.717) is 12.4 Å². The molecule has 0 unspecified atom stereocenters. The third-order valence-corrected chi connectivity index (χ3v) is 6.84. The SMILES string of the molecule is Cc1oc(CNCCN2CCN(C(c3ccccc3)c3ccccc3)CC2)nc1-c1ccc(F)cc1. The molecule has 3 aromatic carbocycles. The summed E-state index contributed by atoms with van der Waals surface area (Å²) in [6, 6.07) is 28.3. The monoisotopic (exact) mass is 484 g/mol. The Balaban J connectivity index is 1.11. The highest BCUT2D eigenvalue weighted by molar-refractivity contribution is 5.60. The Morgan fingerprint density at radius 3 is 2.08 bits per heavy atom. The van der Waals surface area contributed by atoms with Gasteiger partial charge in [0.25, 0.3) is 0 Å². The second kappa shape index (κ2) is 11.6. The van der Waals surface area contributed by atoms with E-state index in [0.717, 1.165) is 56.3 Å². The summed E-state index contributed by atoms with van der Waals surface area (Å²) in [6.45, 7) is 8.49. The number of hydrogen-bond donors (Lipinski definition) is 1. The van der Waals surface area contributed by atoms with Crippen molar-refractivity contribution in [1.29, 1.82) is 0 Å². The van der Waals surface area contributed by atoms with Gasteiger partial charge in [-0.25, -0.2) is 9.37 Å². The lowest BCUT2D eigenvalue weighted by atomic mass is 9.96. The fourth-order valence-corrected chi connectivity index (χ4v) is 4.96. The Hall–Kier alpha value is -3.32. The second-order valence-electron chi connectivity index (χ2n) is 9.30. The van der Waals surface area contributed by atoms with Crippen LogP contribution in [0, 0.1) is 12.7 Å². The van der Waals surface area contributed by atoms with E-state index in [1.165, 1.54) is 23.3 Å². The molecule has 1 aliphatic rings. The van der Waals surface area contributed by atoms with Crippen molar-refractivity contribution in [2.24, 2.45) is 0 Å². The van der Waals surface area contributed by atoms with Crippen molar-refractivity contribution in [1.82, 2.24) is 20.1 Å². The molecule has 0 aliphatic carbocycles. The van der Waals surface area contributed by atoms with Gasteiger partial charge in [-0.15, -0.1) is 0 Å². The molecular formula is C30H33FN4O. The summed E-state index contributed by atoms with van der Waals surface area (Å²) < 4.78 is 19.1. The van der Waals surface area contributed by atoms with E-state index in [1.807, 2.05) is 6.92 Å². The third kappa shape index (κ3) is 5.90. The number of nitrogens with one attached hydrogen (secondary N) is 1. The Morgan fingerprint density at radius 1 is 0.861 bits per heavy atom. The van der Waals surface area contributed by atoms with Gasteiger partial charge in [0.15, 0.2) is 0 Å². The number of rotatable bonds is 9. The standard InChI is InChI=1S/C30H33FN4O/c1-23-29(24-12-14-27(31)15-13-24)33-28(36-23)22-32-16-17-34-18-20-35(21-19-34)30(25-8-4-2-5-9-25)26-10-6-3-7-11-26/h2-15,30,32H,16-22H2,1H3. The first-order valence-corrected chi connectivity index (χ1v) is 12.7. The summed E-state index contributed by atoms with van der Waals surface area (Å²) in [7, 11) is 0. The Kier molecular flexibility index (Phi) is 7.86. The van der Waals surface area contributed by atoms with Crippen LogP contribution in [0.1, 0.15) is 28.8 Å². The summed E-state index contributed by atoms with van der Waals surface area (Å²) in [5.74, 6) is 1.16. The van der Waals surface area contributed by atoms with Gasteiger partial charge in [-0.2, -0.15) is 0 Å². The molecule has 186 valence electrons. The smallest absolute Gasteiger partial charge is 0.208 e. The molecule has 1 aromatic heterocycles. The van der Waals surface area contributed by atoms with Gasteiger partial charge in [0.05, 0.1) is 12.6 Å². The number of halogens is 1. The van der Waals surface area contributed by atoms with E-state index in [4.69, 9.17) is 4.42 Å². The van der Waals surface area contributed by atoms with Crippen LogP contribution < -0.4 is 5.32 Å². The fourth-order valence-electron chi connectivity index (χ4n) is 4.96. The zero-order valence-corrected chi connectivity index (χ0v) is 20.7. The maximum absolute atomic E-state index is 13.2. The van der Waals surface area contributed by atoms with Crippen LogP contribution in [0.4, 0.5) is 4.39 Å². The van der Waals surface area contributed by atoms with Crippen LogP contribution in [0.25, 0.3) is 11.3 Å². The zero-order chi connectivity index (χ0) is 24.7. The molecular weight excluding hydrogens is 451 g/mol. The topological polar surface area (TPSA) is 44.5 Å². The maximum atomic E-state index is 13.2. The molecule has 5 nitrogen and oxygen atoms in total. The number of aromatic nitrogens is 1. The Bertz CT molecular complexity index is 1180. The molecule has 5 rings (SSSR count). The van der Waals surface area contributed by atoms with Crippen molar-refractivity contribution in [2.75, 3.05) is 39.3 Å². The predicted octanol–water partition coefficient (Wildman–Crippen LogP) is 5.29. The molecule has 0 spiro atoms. The van der Waals surface area contributed by atoms with Crippen molar-refractivity contribution in [2.45, 2.75) is 19.5 Å². The summed E-state index contributed by atoms with van der Waals surface area (Å²) >= 11 is 0. The van der Waals surface area contributed by atoms with Crippen molar-refractivity contribution < 1.29 is 8.81 Å². The van der Waals surface area contributed by atoms with E-state index in [1.54, 1.807) is 12.1 Å².